The van der Waals surface area contributed by atoms with Crippen molar-refractivity contribution < 1.29 is 0 Å². The molecular formula is C38H29N3. The molecule has 0 saturated carbocycles. The lowest BCUT2D eigenvalue weighted by atomic mass is 9.82. The number of anilines is 3. The highest BCUT2D eigenvalue weighted by molar-refractivity contribution is 6.07. The van der Waals surface area contributed by atoms with E-state index in [4.69, 9.17) is 4.98 Å². The lowest BCUT2D eigenvalue weighted by molar-refractivity contribution is 0.660. The van der Waals surface area contributed by atoms with Gasteiger partial charge in [-0.05, 0) is 89.0 Å². The Morgan fingerprint density at radius 1 is 0.561 bits per heavy atom. The van der Waals surface area contributed by atoms with Crippen LogP contribution in [0.1, 0.15) is 25.0 Å². The average Bonchev–Trinajstić information content (AvgIpc) is 3.47. The molecule has 0 spiro atoms. The van der Waals surface area contributed by atoms with Gasteiger partial charge in [-0.1, -0.05) is 80.6 Å². The van der Waals surface area contributed by atoms with Crippen molar-refractivity contribution >= 4 is 39.0 Å². The highest BCUT2D eigenvalue weighted by atomic mass is 15.1. The van der Waals surface area contributed by atoms with Crippen molar-refractivity contribution in [2.24, 2.45) is 0 Å². The van der Waals surface area contributed by atoms with E-state index in [-0.39, 0.29) is 5.41 Å². The maximum atomic E-state index is 4.81. The van der Waals surface area contributed by atoms with E-state index in [1.807, 2.05) is 12.3 Å². The van der Waals surface area contributed by atoms with Crippen LogP contribution in [0.25, 0.3) is 38.8 Å². The molecule has 0 atom stereocenters. The molecule has 8 rings (SSSR count). The van der Waals surface area contributed by atoms with Crippen molar-refractivity contribution in [3.05, 3.63) is 151 Å². The normalized spacial score (nSPS) is 13.3. The molecule has 0 aliphatic heterocycles. The Morgan fingerprint density at radius 3 is 1.90 bits per heavy atom. The van der Waals surface area contributed by atoms with Crippen LogP contribution in [-0.4, -0.2) is 9.55 Å². The van der Waals surface area contributed by atoms with Gasteiger partial charge in [0.25, 0.3) is 0 Å². The molecule has 0 unspecified atom stereocenters. The third kappa shape index (κ3) is 3.56. The molecule has 0 amide bonds. The molecule has 0 saturated heterocycles. The number of aromatic nitrogens is 2. The van der Waals surface area contributed by atoms with Crippen molar-refractivity contribution in [2.75, 3.05) is 4.90 Å². The van der Waals surface area contributed by atoms with Gasteiger partial charge in [0.05, 0.1) is 5.52 Å². The largest absolute Gasteiger partial charge is 0.310 e. The van der Waals surface area contributed by atoms with Gasteiger partial charge in [0.15, 0.2) is 0 Å². The van der Waals surface area contributed by atoms with Crippen molar-refractivity contribution in [3.63, 3.8) is 0 Å². The fourth-order valence-electron chi connectivity index (χ4n) is 6.65. The van der Waals surface area contributed by atoms with E-state index in [0.29, 0.717) is 0 Å². The zero-order valence-corrected chi connectivity index (χ0v) is 23.1. The summed E-state index contributed by atoms with van der Waals surface area (Å²) in [7, 11) is 0. The summed E-state index contributed by atoms with van der Waals surface area (Å²) < 4.78 is 2.31. The Balaban J connectivity index is 1.28. The van der Waals surface area contributed by atoms with Crippen LogP contribution in [-0.2, 0) is 5.41 Å². The monoisotopic (exact) mass is 527 g/mol. The number of pyridine rings is 1. The lowest BCUT2D eigenvalue weighted by Crippen LogP contribution is -2.17. The molecule has 3 heteroatoms. The number of para-hydroxylation sites is 3. The molecule has 0 radical (unpaired) electrons. The lowest BCUT2D eigenvalue weighted by Gasteiger charge is -2.28. The molecule has 3 nitrogen and oxygen atoms in total. The number of hydrogen-bond donors (Lipinski definition) is 0. The zero-order valence-electron chi connectivity index (χ0n) is 23.1. The first-order valence-corrected chi connectivity index (χ1v) is 14.2. The highest BCUT2D eigenvalue weighted by Gasteiger charge is 2.36. The number of hydrogen-bond acceptors (Lipinski definition) is 2. The maximum absolute atomic E-state index is 4.81. The van der Waals surface area contributed by atoms with Gasteiger partial charge in [-0.15, -0.1) is 0 Å². The second-order valence-electron chi connectivity index (χ2n) is 11.3. The van der Waals surface area contributed by atoms with Crippen molar-refractivity contribution in [3.8, 4) is 16.8 Å². The summed E-state index contributed by atoms with van der Waals surface area (Å²) in [6.07, 6.45) is 1.89. The van der Waals surface area contributed by atoms with Gasteiger partial charge < -0.3 is 4.90 Å². The van der Waals surface area contributed by atoms with E-state index in [1.165, 1.54) is 38.5 Å². The molecule has 0 N–H and O–H groups in total. The van der Waals surface area contributed by atoms with E-state index >= 15 is 0 Å². The highest BCUT2D eigenvalue weighted by Crippen LogP contribution is 2.51. The molecule has 1 aliphatic carbocycles. The minimum atomic E-state index is -0.165. The summed E-state index contributed by atoms with van der Waals surface area (Å²) in [5.74, 6) is 0. The number of rotatable bonds is 4. The van der Waals surface area contributed by atoms with Crippen LogP contribution in [0.5, 0.6) is 0 Å². The van der Waals surface area contributed by atoms with Crippen molar-refractivity contribution in [1.29, 1.82) is 0 Å². The number of fused-ring (bicyclic) bond motifs is 6. The molecule has 5 aromatic carbocycles. The molecule has 2 aromatic heterocycles. The molecule has 41 heavy (non-hydrogen) atoms. The Labute approximate surface area is 240 Å². The minimum absolute atomic E-state index is 0.165. The van der Waals surface area contributed by atoms with Crippen LogP contribution in [0.3, 0.4) is 0 Å². The second kappa shape index (κ2) is 8.94. The van der Waals surface area contributed by atoms with Crippen molar-refractivity contribution in [1.82, 2.24) is 9.55 Å². The van der Waals surface area contributed by atoms with Crippen LogP contribution in [0.2, 0.25) is 0 Å². The van der Waals surface area contributed by atoms with Crippen LogP contribution in [0.15, 0.2) is 140 Å². The Morgan fingerprint density at radius 2 is 1.17 bits per heavy atom. The first-order valence-electron chi connectivity index (χ1n) is 14.2. The summed E-state index contributed by atoms with van der Waals surface area (Å²) >= 11 is 0. The van der Waals surface area contributed by atoms with Crippen LogP contribution in [0, 0.1) is 0 Å². The molecule has 196 valence electrons. The Kier molecular flexibility index (Phi) is 5.17. The van der Waals surface area contributed by atoms with E-state index in [0.717, 1.165) is 28.4 Å². The maximum Gasteiger partial charge on any atom is 0.145 e. The van der Waals surface area contributed by atoms with Gasteiger partial charge in [-0.25, -0.2) is 4.98 Å². The van der Waals surface area contributed by atoms with Gasteiger partial charge in [0.2, 0.25) is 0 Å². The van der Waals surface area contributed by atoms with Gasteiger partial charge in [0.1, 0.15) is 5.65 Å². The summed E-state index contributed by atoms with van der Waals surface area (Å²) in [6.45, 7) is 4.70. The molecule has 1 aliphatic rings. The van der Waals surface area contributed by atoms with Crippen LogP contribution in [0.4, 0.5) is 17.1 Å². The zero-order chi connectivity index (χ0) is 27.6. The number of nitrogens with zero attached hydrogens (tertiary/aromatic N) is 3. The van der Waals surface area contributed by atoms with Gasteiger partial charge in [-0.2, -0.15) is 0 Å². The molecule has 0 fully saturated rings. The van der Waals surface area contributed by atoms with E-state index in [1.54, 1.807) is 0 Å². The van der Waals surface area contributed by atoms with E-state index in [2.05, 4.69) is 151 Å². The molecule has 2 heterocycles. The summed E-state index contributed by atoms with van der Waals surface area (Å²) in [4.78, 5) is 7.15. The summed E-state index contributed by atoms with van der Waals surface area (Å²) in [5, 5.41) is 2.41. The third-order valence-corrected chi connectivity index (χ3v) is 8.62. The van der Waals surface area contributed by atoms with Gasteiger partial charge >= 0.3 is 0 Å². The SMILES string of the molecule is CC1(C)c2cc(N(c3ccccc3)c3ccccc3)ccc2-c2ccc(-n3c4ccccc4c4cccnc43)cc21. The second-order valence-corrected chi connectivity index (χ2v) is 11.3. The predicted octanol–water partition coefficient (Wildman–Crippen LogP) is 9.95. The molecule has 0 bridgehead atoms. The third-order valence-electron chi connectivity index (χ3n) is 8.62. The summed E-state index contributed by atoms with van der Waals surface area (Å²) in [5.41, 5.74) is 11.9. The van der Waals surface area contributed by atoms with E-state index < -0.39 is 0 Å². The van der Waals surface area contributed by atoms with E-state index in [9.17, 15) is 0 Å². The molecule has 7 aromatic rings. The average molecular weight is 528 g/mol. The van der Waals surface area contributed by atoms with Gasteiger partial charge in [0, 0.05) is 45.1 Å². The fourth-order valence-corrected chi connectivity index (χ4v) is 6.65. The first-order chi connectivity index (χ1) is 20.1. The Bertz CT molecular complexity index is 1980. The van der Waals surface area contributed by atoms with Crippen LogP contribution < -0.4 is 4.90 Å². The van der Waals surface area contributed by atoms with Crippen LogP contribution >= 0.6 is 0 Å². The van der Waals surface area contributed by atoms with Gasteiger partial charge in [-0.3, -0.25) is 4.57 Å². The minimum Gasteiger partial charge on any atom is -0.310 e. The number of benzene rings is 5. The standard InChI is InChI=1S/C38H29N3/c1-38(2)34-24-28(40(26-12-5-3-6-13-26)27-14-7-4-8-15-27)19-21-30(34)31-22-20-29(25-35(31)38)41-36-18-10-9-16-32(36)33-17-11-23-39-37(33)41/h3-25H,1-2H3. The van der Waals surface area contributed by atoms with Crippen molar-refractivity contribution in [2.45, 2.75) is 19.3 Å². The fraction of sp³-hybridized carbons (Fsp3) is 0.0789. The first kappa shape index (κ1) is 23.7. The predicted molar refractivity (Wildman–Crippen MR) is 171 cm³/mol. The smallest absolute Gasteiger partial charge is 0.145 e. The molecular weight excluding hydrogens is 498 g/mol. The topological polar surface area (TPSA) is 21.1 Å². The quantitative estimate of drug-likeness (QED) is 0.227. The summed E-state index contributed by atoms with van der Waals surface area (Å²) in [6, 6.07) is 47.9. The Hall–Kier alpha value is -5.15.